The molecule has 134 valence electrons. The van der Waals surface area contributed by atoms with E-state index >= 15 is 0 Å². The van der Waals surface area contributed by atoms with E-state index in [1.165, 1.54) is 27.8 Å². The number of methoxy groups -OCH3 is 2. The number of hydrogen-bond acceptors (Lipinski definition) is 3. The summed E-state index contributed by atoms with van der Waals surface area (Å²) >= 11 is 0. The fraction of sp³-hybridized carbons (Fsp3) is 0.318. The lowest BCUT2D eigenvalue weighted by Gasteiger charge is -2.37. The third kappa shape index (κ3) is 2.66. The molecule has 0 saturated carbocycles. The number of carbonyl (C=O) groups is 1. The van der Waals surface area contributed by atoms with E-state index in [1.807, 2.05) is 17.0 Å². The summed E-state index contributed by atoms with van der Waals surface area (Å²) in [5.74, 6) is 1.87. The van der Waals surface area contributed by atoms with Gasteiger partial charge in [0.25, 0.3) is 0 Å². The van der Waals surface area contributed by atoms with Crippen LogP contribution in [-0.4, -0.2) is 38.6 Å². The first-order chi connectivity index (χ1) is 12.8. The Morgan fingerprint density at radius 1 is 1.08 bits per heavy atom. The first kappa shape index (κ1) is 16.7. The van der Waals surface area contributed by atoms with Gasteiger partial charge in [0.2, 0.25) is 6.41 Å². The van der Waals surface area contributed by atoms with E-state index in [0.29, 0.717) is 12.5 Å². The molecule has 1 amide bonds. The van der Waals surface area contributed by atoms with E-state index in [-0.39, 0.29) is 0 Å². The molecule has 0 N–H and O–H groups in total. The molecule has 0 aromatic heterocycles. The van der Waals surface area contributed by atoms with Gasteiger partial charge in [0.05, 0.1) is 14.2 Å². The molecule has 26 heavy (non-hydrogen) atoms. The Labute approximate surface area is 154 Å². The van der Waals surface area contributed by atoms with Gasteiger partial charge in [-0.05, 0) is 35.6 Å². The number of carbonyl (C=O) groups excluding carboxylic acids is 1. The zero-order valence-corrected chi connectivity index (χ0v) is 15.2. The zero-order chi connectivity index (χ0) is 18.1. The number of nitrogens with zero attached hydrogens (tertiary/aromatic N) is 1. The second-order valence-electron chi connectivity index (χ2n) is 6.82. The average molecular weight is 349 g/mol. The molecule has 0 fully saturated rings. The van der Waals surface area contributed by atoms with Crippen molar-refractivity contribution in [3.05, 3.63) is 64.7 Å². The summed E-state index contributed by atoms with van der Waals surface area (Å²) in [7, 11) is 3.36. The van der Waals surface area contributed by atoms with Gasteiger partial charge in [0.15, 0.2) is 11.5 Å². The molecule has 4 rings (SSSR count). The molecule has 0 bridgehead atoms. The van der Waals surface area contributed by atoms with E-state index < -0.39 is 0 Å². The van der Waals surface area contributed by atoms with Gasteiger partial charge in [-0.25, -0.2) is 0 Å². The summed E-state index contributed by atoms with van der Waals surface area (Å²) in [5, 5.41) is 0. The van der Waals surface area contributed by atoms with Gasteiger partial charge < -0.3 is 14.4 Å². The predicted octanol–water partition coefficient (Wildman–Crippen LogP) is 3.66. The molecule has 1 heterocycles. The molecule has 1 unspecified atom stereocenters. The summed E-state index contributed by atoms with van der Waals surface area (Å²) in [6.07, 6.45) is 2.76. The fourth-order valence-corrected chi connectivity index (χ4v) is 4.34. The van der Waals surface area contributed by atoms with Gasteiger partial charge in [-0.15, -0.1) is 0 Å². The van der Waals surface area contributed by atoms with E-state index in [2.05, 4.69) is 30.3 Å². The lowest BCUT2D eigenvalue weighted by molar-refractivity contribution is -0.117. The van der Waals surface area contributed by atoms with Crippen molar-refractivity contribution in [3.63, 3.8) is 0 Å². The number of amides is 1. The quantitative estimate of drug-likeness (QED) is 0.791. The maximum absolute atomic E-state index is 11.4. The van der Waals surface area contributed by atoms with E-state index in [4.69, 9.17) is 9.47 Å². The molecule has 4 heteroatoms. The number of benzene rings is 2. The monoisotopic (exact) mass is 349 g/mol. The summed E-state index contributed by atoms with van der Waals surface area (Å²) in [6.45, 7) is 1.44. The highest BCUT2D eigenvalue weighted by Gasteiger charge is 2.34. The highest BCUT2D eigenvalue weighted by Crippen LogP contribution is 2.48. The van der Waals surface area contributed by atoms with Gasteiger partial charge in [-0.1, -0.05) is 42.0 Å². The molecule has 1 atom stereocenters. The molecule has 1 aliphatic carbocycles. The van der Waals surface area contributed by atoms with Gasteiger partial charge in [-0.3, -0.25) is 4.79 Å². The van der Waals surface area contributed by atoms with Crippen LogP contribution in [0.1, 0.15) is 29.0 Å². The Morgan fingerprint density at radius 3 is 2.58 bits per heavy atom. The third-order valence-corrected chi connectivity index (χ3v) is 5.57. The van der Waals surface area contributed by atoms with Crippen LogP contribution >= 0.6 is 0 Å². The maximum atomic E-state index is 11.4. The molecule has 0 spiro atoms. The van der Waals surface area contributed by atoms with Crippen LogP contribution in [0.3, 0.4) is 0 Å². The first-order valence-corrected chi connectivity index (χ1v) is 8.97. The van der Waals surface area contributed by atoms with Crippen molar-refractivity contribution in [2.45, 2.75) is 18.8 Å². The van der Waals surface area contributed by atoms with E-state index in [1.54, 1.807) is 14.2 Å². The second kappa shape index (κ2) is 6.87. The number of rotatable bonds is 4. The van der Waals surface area contributed by atoms with Crippen molar-refractivity contribution >= 4 is 12.0 Å². The Balaban J connectivity index is 1.90. The van der Waals surface area contributed by atoms with E-state index in [9.17, 15) is 4.79 Å². The van der Waals surface area contributed by atoms with Crippen molar-refractivity contribution < 1.29 is 14.3 Å². The molecule has 0 saturated heterocycles. The van der Waals surface area contributed by atoms with Crippen LogP contribution in [0.15, 0.2) is 48.0 Å². The van der Waals surface area contributed by atoms with Crippen molar-refractivity contribution in [1.29, 1.82) is 0 Å². The predicted molar refractivity (Wildman–Crippen MR) is 102 cm³/mol. The highest BCUT2D eigenvalue weighted by atomic mass is 16.5. The molecule has 2 aromatic rings. The smallest absolute Gasteiger partial charge is 0.210 e. The van der Waals surface area contributed by atoms with Gasteiger partial charge in [0, 0.05) is 24.6 Å². The second-order valence-corrected chi connectivity index (χ2v) is 6.82. The van der Waals surface area contributed by atoms with Crippen molar-refractivity contribution in [2.75, 3.05) is 27.3 Å². The van der Waals surface area contributed by atoms with Gasteiger partial charge >= 0.3 is 0 Å². The summed E-state index contributed by atoms with van der Waals surface area (Å²) in [5.41, 5.74) is 6.40. The number of ether oxygens (including phenoxy) is 2. The lowest BCUT2D eigenvalue weighted by atomic mass is 9.73. The van der Waals surface area contributed by atoms with Crippen molar-refractivity contribution in [3.8, 4) is 11.5 Å². The average Bonchev–Trinajstić information content (AvgIpc) is 2.72. The van der Waals surface area contributed by atoms with Gasteiger partial charge in [0.1, 0.15) is 0 Å². The standard InChI is InChI=1S/C22H23NO3/c1-25-21-9-8-16-19(22(21)26-2)12-18(15-6-4-3-5-7-15)17-10-11-23(14-24)13-20(16)17/h3-9,14,18H,10-13H2,1-2H3. The summed E-state index contributed by atoms with van der Waals surface area (Å²) < 4.78 is 11.2. The Kier molecular flexibility index (Phi) is 4.41. The minimum atomic E-state index is 0.313. The van der Waals surface area contributed by atoms with Crippen LogP contribution in [0.2, 0.25) is 0 Å². The van der Waals surface area contributed by atoms with E-state index in [0.717, 1.165) is 37.3 Å². The third-order valence-electron chi connectivity index (χ3n) is 5.57. The minimum absolute atomic E-state index is 0.313. The molecule has 2 aromatic carbocycles. The summed E-state index contributed by atoms with van der Waals surface area (Å²) in [4.78, 5) is 13.2. The first-order valence-electron chi connectivity index (χ1n) is 8.97. The van der Waals surface area contributed by atoms with Crippen molar-refractivity contribution in [2.24, 2.45) is 0 Å². The van der Waals surface area contributed by atoms with Crippen LogP contribution in [0, 0.1) is 0 Å². The van der Waals surface area contributed by atoms with Crippen molar-refractivity contribution in [1.82, 2.24) is 4.90 Å². The number of hydrogen-bond donors (Lipinski definition) is 0. The van der Waals surface area contributed by atoms with Crippen LogP contribution in [0.4, 0.5) is 0 Å². The molecule has 1 aliphatic heterocycles. The van der Waals surface area contributed by atoms with Crippen LogP contribution < -0.4 is 9.47 Å². The highest BCUT2D eigenvalue weighted by molar-refractivity contribution is 5.81. The van der Waals surface area contributed by atoms with Crippen LogP contribution in [-0.2, 0) is 11.2 Å². The Bertz CT molecular complexity index is 857. The Hall–Kier alpha value is -2.75. The molecular weight excluding hydrogens is 326 g/mol. The Morgan fingerprint density at radius 2 is 1.88 bits per heavy atom. The maximum Gasteiger partial charge on any atom is 0.210 e. The SMILES string of the molecule is COc1ccc2c(c1OC)CC(c1ccccc1)C1=C2CN(C=O)CC1. The number of fused-ring (bicyclic) bond motifs is 2. The minimum Gasteiger partial charge on any atom is -0.493 e. The largest absolute Gasteiger partial charge is 0.493 e. The van der Waals surface area contributed by atoms with Crippen LogP contribution in [0.5, 0.6) is 11.5 Å². The molecular formula is C22H23NO3. The lowest BCUT2D eigenvalue weighted by Crippen LogP contribution is -2.33. The zero-order valence-electron chi connectivity index (χ0n) is 15.2. The fourth-order valence-electron chi connectivity index (χ4n) is 4.34. The molecule has 4 nitrogen and oxygen atoms in total. The van der Waals surface area contributed by atoms with Crippen LogP contribution in [0.25, 0.3) is 5.57 Å². The normalized spacial score (nSPS) is 18.8. The topological polar surface area (TPSA) is 38.8 Å². The van der Waals surface area contributed by atoms with Gasteiger partial charge in [-0.2, -0.15) is 0 Å². The summed E-state index contributed by atoms with van der Waals surface area (Å²) in [6, 6.07) is 14.7. The molecule has 0 radical (unpaired) electrons. The molecule has 2 aliphatic rings.